The van der Waals surface area contributed by atoms with Gasteiger partial charge in [0.2, 0.25) is 0 Å². The van der Waals surface area contributed by atoms with E-state index in [0.29, 0.717) is 23.5 Å². The summed E-state index contributed by atoms with van der Waals surface area (Å²) < 4.78 is 0. The number of aliphatic hydroxyl groups excluding tert-OH is 1. The Morgan fingerprint density at radius 3 is 1.56 bits per heavy atom. The summed E-state index contributed by atoms with van der Waals surface area (Å²) in [7, 11) is 0. The third kappa shape index (κ3) is 4.06. The number of benzene rings is 1. The van der Waals surface area contributed by atoms with Gasteiger partial charge in [-0.1, -0.05) is 63.9 Å². The zero-order valence-corrected chi connectivity index (χ0v) is 17.0. The third-order valence-electron chi connectivity index (χ3n) is 7.77. The molecule has 0 radical (unpaired) electrons. The van der Waals surface area contributed by atoms with Crippen LogP contribution in [0.1, 0.15) is 136 Å². The molecule has 3 saturated carbocycles. The van der Waals surface area contributed by atoms with Gasteiger partial charge in [0.05, 0.1) is 6.61 Å². The van der Waals surface area contributed by atoms with Crippen molar-refractivity contribution in [2.24, 2.45) is 0 Å². The molecule has 150 valence electrons. The first kappa shape index (κ1) is 19.3. The van der Waals surface area contributed by atoms with Crippen LogP contribution in [0.3, 0.4) is 0 Å². The Morgan fingerprint density at radius 2 is 1.07 bits per heavy atom. The molecule has 0 spiro atoms. The van der Waals surface area contributed by atoms with Gasteiger partial charge in [-0.25, -0.2) is 0 Å². The molecular weight excluding hydrogens is 332 g/mol. The van der Waals surface area contributed by atoms with E-state index < -0.39 is 0 Å². The van der Waals surface area contributed by atoms with Crippen molar-refractivity contribution in [3.63, 3.8) is 0 Å². The molecule has 0 unspecified atom stereocenters. The van der Waals surface area contributed by atoms with E-state index in [-0.39, 0.29) is 6.61 Å². The lowest BCUT2D eigenvalue weighted by atomic mass is 9.73. The van der Waals surface area contributed by atoms with Crippen LogP contribution in [0.25, 0.3) is 0 Å². The molecule has 2 heteroatoms. The standard InChI is InChI=1S/C25H38O2/c26-17-23-21(18-10-4-1-5-11-18)16-22(19-12-6-2-7-13-19)25(27)24(23)20-14-8-3-9-15-20/h16,18-20,26-27H,1-15,17H2. The Balaban J connectivity index is 1.80. The Morgan fingerprint density at radius 1 is 0.630 bits per heavy atom. The molecule has 0 aromatic heterocycles. The fourth-order valence-corrected chi connectivity index (χ4v) is 6.29. The fraction of sp³-hybridized carbons (Fsp3) is 0.760. The van der Waals surface area contributed by atoms with E-state index in [1.807, 2.05) is 0 Å². The second kappa shape index (κ2) is 8.99. The summed E-state index contributed by atoms with van der Waals surface area (Å²) >= 11 is 0. The minimum Gasteiger partial charge on any atom is -0.507 e. The quantitative estimate of drug-likeness (QED) is 0.597. The summed E-state index contributed by atoms with van der Waals surface area (Å²) in [6, 6.07) is 2.35. The minimum absolute atomic E-state index is 0.0934. The molecule has 3 fully saturated rings. The highest BCUT2D eigenvalue weighted by atomic mass is 16.3. The second-order valence-electron chi connectivity index (χ2n) is 9.46. The van der Waals surface area contributed by atoms with E-state index in [1.54, 1.807) is 0 Å². The van der Waals surface area contributed by atoms with Crippen LogP contribution in [-0.2, 0) is 6.61 Å². The van der Waals surface area contributed by atoms with Crippen LogP contribution in [0.5, 0.6) is 5.75 Å². The number of hydrogen-bond acceptors (Lipinski definition) is 2. The van der Waals surface area contributed by atoms with Crippen molar-refractivity contribution in [2.45, 2.75) is 121 Å². The Labute approximate surface area is 165 Å². The topological polar surface area (TPSA) is 40.5 Å². The third-order valence-corrected chi connectivity index (χ3v) is 7.77. The van der Waals surface area contributed by atoms with Gasteiger partial charge in [0.15, 0.2) is 0 Å². The van der Waals surface area contributed by atoms with Crippen molar-refractivity contribution in [3.8, 4) is 5.75 Å². The van der Waals surface area contributed by atoms with Crippen molar-refractivity contribution in [2.75, 3.05) is 0 Å². The van der Waals surface area contributed by atoms with E-state index in [0.717, 1.165) is 11.1 Å². The summed E-state index contributed by atoms with van der Waals surface area (Å²) in [6.07, 6.45) is 19.1. The lowest BCUT2D eigenvalue weighted by Gasteiger charge is -2.33. The molecule has 1 aromatic carbocycles. The molecule has 2 N–H and O–H groups in total. The predicted molar refractivity (Wildman–Crippen MR) is 112 cm³/mol. The van der Waals surface area contributed by atoms with Crippen molar-refractivity contribution in [1.29, 1.82) is 0 Å². The SMILES string of the molecule is OCc1c(C2CCCCC2)cc(C2CCCCC2)c(O)c1C1CCCCC1. The monoisotopic (exact) mass is 370 g/mol. The van der Waals surface area contributed by atoms with E-state index in [2.05, 4.69) is 6.07 Å². The average Bonchev–Trinajstić information content (AvgIpc) is 2.75. The smallest absolute Gasteiger partial charge is 0.122 e. The van der Waals surface area contributed by atoms with Gasteiger partial charge in [-0.05, 0) is 73.0 Å². The zero-order valence-electron chi connectivity index (χ0n) is 17.0. The van der Waals surface area contributed by atoms with Crippen LogP contribution in [0.4, 0.5) is 0 Å². The number of aromatic hydroxyl groups is 1. The molecule has 1 aromatic rings. The molecule has 0 heterocycles. The number of aliphatic hydroxyl groups is 1. The minimum atomic E-state index is 0.0934. The van der Waals surface area contributed by atoms with Crippen LogP contribution >= 0.6 is 0 Å². The van der Waals surface area contributed by atoms with Gasteiger partial charge in [-0.3, -0.25) is 0 Å². The molecule has 3 aliphatic rings. The van der Waals surface area contributed by atoms with Crippen molar-refractivity contribution < 1.29 is 10.2 Å². The van der Waals surface area contributed by atoms with Crippen LogP contribution in [0.2, 0.25) is 0 Å². The normalized spacial score (nSPS) is 23.6. The average molecular weight is 371 g/mol. The van der Waals surface area contributed by atoms with Crippen molar-refractivity contribution in [1.82, 2.24) is 0 Å². The number of phenols is 1. The number of hydrogen-bond donors (Lipinski definition) is 2. The van der Waals surface area contributed by atoms with Gasteiger partial charge in [0, 0.05) is 5.56 Å². The first-order valence-electron chi connectivity index (χ1n) is 11.8. The second-order valence-corrected chi connectivity index (χ2v) is 9.46. The molecule has 0 atom stereocenters. The molecular formula is C25H38O2. The summed E-state index contributed by atoms with van der Waals surface area (Å²) in [5.41, 5.74) is 4.89. The summed E-state index contributed by atoms with van der Waals surface area (Å²) in [6.45, 7) is 0.0934. The van der Waals surface area contributed by atoms with Crippen LogP contribution < -0.4 is 0 Å². The molecule has 27 heavy (non-hydrogen) atoms. The first-order chi connectivity index (χ1) is 13.3. The summed E-state index contributed by atoms with van der Waals surface area (Å²) in [4.78, 5) is 0. The lowest BCUT2D eigenvalue weighted by Crippen LogP contribution is -2.16. The highest BCUT2D eigenvalue weighted by Crippen LogP contribution is 2.49. The molecule has 0 amide bonds. The largest absolute Gasteiger partial charge is 0.507 e. The molecule has 0 saturated heterocycles. The van der Waals surface area contributed by atoms with Gasteiger partial charge < -0.3 is 10.2 Å². The highest BCUT2D eigenvalue weighted by Gasteiger charge is 2.31. The fourth-order valence-electron chi connectivity index (χ4n) is 6.29. The van der Waals surface area contributed by atoms with E-state index in [4.69, 9.17) is 0 Å². The van der Waals surface area contributed by atoms with Gasteiger partial charge in [-0.2, -0.15) is 0 Å². The summed E-state index contributed by atoms with van der Waals surface area (Å²) in [5, 5.41) is 21.8. The Bertz CT molecular complexity index is 618. The van der Waals surface area contributed by atoms with E-state index in [1.165, 1.54) is 107 Å². The Hall–Kier alpha value is -1.02. The van der Waals surface area contributed by atoms with Crippen LogP contribution in [0, 0.1) is 0 Å². The number of phenolic OH excluding ortho intramolecular Hbond substituents is 1. The van der Waals surface area contributed by atoms with E-state index in [9.17, 15) is 10.2 Å². The van der Waals surface area contributed by atoms with Gasteiger partial charge in [-0.15, -0.1) is 0 Å². The zero-order chi connectivity index (χ0) is 18.6. The molecule has 2 nitrogen and oxygen atoms in total. The van der Waals surface area contributed by atoms with Crippen molar-refractivity contribution in [3.05, 3.63) is 28.3 Å². The first-order valence-corrected chi connectivity index (χ1v) is 11.8. The summed E-state index contributed by atoms with van der Waals surface area (Å²) in [5.74, 6) is 2.13. The maximum Gasteiger partial charge on any atom is 0.122 e. The van der Waals surface area contributed by atoms with Gasteiger partial charge >= 0.3 is 0 Å². The molecule has 3 aliphatic carbocycles. The Kier molecular flexibility index (Phi) is 6.42. The lowest BCUT2D eigenvalue weighted by molar-refractivity contribution is 0.273. The number of rotatable bonds is 4. The maximum atomic E-state index is 11.4. The van der Waals surface area contributed by atoms with E-state index >= 15 is 0 Å². The van der Waals surface area contributed by atoms with Gasteiger partial charge in [0.25, 0.3) is 0 Å². The van der Waals surface area contributed by atoms with Crippen LogP contribution in [-0.4, -0.2) is 10.2 Å². The van der Waals surface area contributed by atoms with Crippen LogP contribution in [0.15, 0.2) is 6.07 Å². The maximum absolute atomic E-state index is 11.4. The molecule has 0 aliphatic heterocycles. The van der Waals surface area contributed by atoms with Crippen molar-refractivity contribution >= 4 is 0 Å². The van der Waals surface area contributed by atoms with Gasteiger partial charge in [0.1, 0.15) is 5.75 Å². The molecule has 0 bridgehead atoms. The molecule has 4 rings (SSSR count). The predicted octanol–water partition coefficient (Wildman–Crippen LogP) is 7.03. The highest BCUT2D eigenvalue weighted by molar-refractivity contribution is 5.54.